The molecule has 0 atom stereocenters. The number of hydrogen-bond donors (Lipinski definition) is 1. The Morgan fingerprint density at radius 3 is 2.56 bits per heavy atom. The molecule has 1 aliphatic heterocycles. The number of pyridine rings is 1. The second-order valence-electron chi connectivity index (χ2n) is 7.42. The Labute approximate surface area is 185 Å². The first-order valence-corrected chi connectivity index (χ1v) is 10.3. The van der Waals surface area contributed by atoms with E-state index in [0.29, 0.717) is 49.3 Å². The maximum Gasteiger partial charge on any atom is 0.417 e. The van der Waals surface area contributed by atoms with Crippen LogP contribution in [0.4, 0.5) is 19.0 Å². The fraction of sp³-hybridized carbons (Fsp3) is 0.333. The number of rotatable bonds is 4. The van der Waals surface area contributed by atoms with Crippen molar-refractivity contribution in [3.05, 3.63) is 63.3 Å². The summed E-state index contributed by atoms with van der Waals surface area (Å²) in [6.07, 6.45) is -3.27. The molecule has 1 aromatic carbocycles. The van der Waals surface area contributed by atoms with E-state index in [-0.39, 0.29) is 28.7 Å². The monoisotopic (exact) mass is 465 g/mol. The number of carbonyl (C=O) groups excluding carboxylic acids is 1. The SMILES string of the molecule is O=C(CCc1nc2ccccc2c(=O)[nH]1)N1CCN(c2ncc(C(F)(F)F)cc2Cl)CC1. The molecular formula is C21H19ClF3N5O2. The van der Waals surface area contributed by atoms with Crippen molar-refractivity contribution in [1.29, 1.82) is 0 Å². The van der Waals surface area contributed by atoms with E-state index in [9.17, 15) is 22.8 Å². The molecule has 2 aromatic heterocycles. The minimum Gasteiger partial charge on any atom is -0.352 e. The van der Waals surface area contributed by atoms with E-state index in [1.807, 2.05) is 0 Å². The fourth-order valence-electron chi connectivity index (χ4n) is 3.62. The van der Waals surface area contributed by atoms with Gasteiger partial charge in [0.25, 0.3) is 5.56 Å². The highest BCUT2D eigenvalue weighted by molar-refractivity contribution is 6.33. The van der Waals surface area contributed by atoms with Crippen LogP contribution in [-0.4, -0.2) is 51.9 Å². The molecule has 0 radical (unpaired) electrons. The van der Waals surface area contributed by atoms with Gasteiger partial charge in [-0.05, 0) is 18.2 Å². The van der Waals surface area contributed by atoms with E-state index < -0.39 is 11.7 Å². The van der Waals surface area contributed by atoms with Crippen molar-refractivity contribution in [1.82, 2.24) is 19.9 Å². The van der Waals surface area contributed by atoms with Gasteiger partial charge in [0.05, 0.1) is 21.5 Å². The first-order valence-electron chi connectivity index (χ1n) is 9.96. The topological polar surface area (TPSA) is 82.2 Å². The summed E-state index contributed by atoms with van der Waals surface area (Å²) in [5, 5.41) is 0.417. The Balaban J connectivity index is 1.34. The molecule has 0 bridgehead atoms. The van der Waals surface area contributed by atoms with Gasteiger partial charge in [-0.2, -0.15) is 13.2 Å². The number of nitrogens with one attached hydrogen (secondary N) is 1. The predicted octanol–water partition coefficient (Wildman–Crippen LogP) is 3.27. The molecular weight excluding hydrogens is 447 g/mol. The first kappa shape index (κ1) is 22.1. The van der Waals surface area contributed by atoms with E-state index in [2.05, 4.69) is 15.0 Å². The number of benzene rings is 1. The van der Waals surface area contributed by atoms with Crippen LogP contribution in [-0.2, 0) is 17.4 Å². The average Bonchev–Trinajstić information content (AvgIpc) is 2.77. The van der Waals surface area contributed by atoms with E-state index in [1.165, 1.54) is 0 Å². The number of amides is 1. The van der Waals surface area contributed by atoms with Crippen LogP contribution in [0.25, 0.3) is 10.9 Å². The molecule has 3 heterocycles. The number of para-hydroxylation sites is 1. The van der Waals surface area contributed by atoms with Crippen LogP contribution in [0.1, 0.15) is 17.8 Å². The van der Waals surface area contributed by atoms with E-state index in [1.54, 1.807) is 34.1 Å². The molecule has 1 saturated heterocycles. The van der Waals surface area contributed by atoms with Crippen molar-refractivity contribution in [2.45, 2.75) is 19.0 Å². The van der Waals surface area contributed by atoms with Gasteiger partial charge in [0.1, 0.15) is 11.6 Å². The lowest BCUT2D eigenvalue weighted by molar-refractivity contribution is -0.137. The van der Waals surface area contributed by atoms with Gasteiger partial charge in [-0.3, -0.25) is 9.59 Å². The molecule has 11 heteroatoms. The van der Waals surface area contributed by atoms with E-state index in [4.69, 9.17) is 11.6 Å². The maximum atomic E-state index is 12.8. The van der Waals surface area contributed by atoms with Gasteiger partial charge in [-0.15, -0.1) is 0 Å². The Bertz CT molecular complexity index is 1210. The number of carbonyl (C=O) groups is 1. The summed E-state index contributed by atoms with van der Waals surface area (Å²) in [4.78, 5) is 39.2. The van der Waals surface area contributed by atoms with Crippen LogP contribution in [0.15, 0.2) is 41.3 Å². The van der Waals surface area contributed by atoms with Gasteiger partial charge in [0.2, 0.25) is 5.91 Å². The van der Waals surface area contributed by atoms with Crippen molar-refractivity contribution >= 4 is 34.2 Å². The van der Waals surface area contributed by atoms with Crippen LogP contribution in [0.5, 0.6) is 0 Å². The van der Waals surface area contributed by atoms with Crippen molar-refractivity contribution in [2.24, 2.45) is 0 Å². The molecule has 32 heavy (non-hydrogen) atoms. The van der Waals surface area contributed by atoms with Gasteiger partial charge < -0.3 is 14.8 Å². The zero-order chi connectivity index (χ0) is 22.9. The van der Waals surface area contributed by atoms with Gasteiger partial charge >= 0.3 is 6.18 Å². The summed E-state index contributed by atoms with van der Waals surface area (Å²) in [5.41, 5.74) is -0.568. The van der Waals surface area contributed by atoms with Crippen LogP contribution in [0, 0.1) is 0 Å². The highest BCUT2D eigenvalue weighted by Crippen LogP contribution is 2.33. The predicted molar refractivity (Wildman–Crippen MR) is 114 cm³/mol. The number of hydrogen-bond acceptors (Lipinski definition) is 5. The smallest absolute Gasteiger partial charge is 0.352 e. The number of fused-ring (bicyclic) bond motifs is 1. The zero-order valence-corrected chi connectivity index (χ0v) is 17.6. The summed E-state index contributed by atoms with van der Waals surface area (Å²) in [5.74, 6) is 0.623. The Morgan fingerprint density at radius 2 is 1.88 bits per heavy atom. The lowest BCUT2D eigenvalue weighted by Crippen LogP contribution is -2.49. The molecule has 1 aliphatic rings. The first-order chi connectivity index (χ1) is 15.2. The van der Waals surface area contributed by atoms with E-state index in [0.717, 1.165) is 12.3 Å². The third kappa shape index (κ3) is 4.69. The summed E-state index contributed by atoms with van der Waals surface area (Å²) < 4.78 is 38.4. The third-order valence-corrected chi connectivity index (χ3v) is 5.60. The van der Waals surface area contributed by atoms with Crippen molar-refractivity contribution in [3.8, 4) is 0 Å². The minimum absolute atomic E-state index is 0.0778. The van der Waals surface area contributed by atoms with Crippen LogP contribution in [0.3, 0.4) is 0 Å². The Morgan fingerprint density at radius 1 is 1.16 bits per heavy atom. The average molecular weight is 466 g/mol. The Kier molecular flexibility index (Phi) is 6.05. The normalized spacial score (nSPS) is 14.8. The summed E-state index contributed by atoms with van der Waals surface area (Å²) in [7, 11) is 0. The molecule has 0 spiro atoms. The molecule has 0 aliphatic carbocycles. The number of anilines is 1. The van der Waals surface area contributed by atoms with Crippen molar-refractivity contribution in [2.75, 3.05) is 31.1 Å². The second-order valence-corrected chi connectivity index (χ2v) is 7.83. The summed E-state index contributed by atoms with van der Waals surface area (Å²) in [6.45, 7) is 1.57. The third-order valence-electron chi connectivity index (χ3n) is 5.32. The van der Waals surface area contributed by atoms with Gasteiger partial charge in [0, 0.05) is 45.2 Å². The van der Waals surface area contributed by atoms with Crippen molar-refractivity contribution < 1.29 is 18.0 Å². The number of nitrogens with zero attached hydrogens (tertiary/aromatic N) is 4. The number of halogens is 4. The van der Waals surface area contributed by atoms with Crippen LogP contribution >= 0.6 is 11.6 Å². The molecule has 1 N–H and O–H groups in total. The molecule has 0 unspecified atom stereocenters. The van der Waals surface area contributed by atoms with Crippen LogP contribution in [0.2, 0.25) is 5.02 Å². The highest BCUT2D eigenvalue weighted by Gasteiger charge is 2.32. The molecule has 1 fully saturated rings. The number of aromatic amines is 1. The minimum atomic E-state index is -4.51. The molecule has 1 amide bonds. The zero-order valence-electron chi connectivity index (χ0n) is 16.8. The number of piperazine rings is 1. The molecule has 0 saturated carbocycles. The molecule has 7 nitrogen and oxygen atoms in total. The van der Waals surface area contributed by atoms with Crippen molar-refractivity contribution in [3.63, 3.8) is 0 Å². The van der Waals surface area contributed by atoms with Crippen LogP contribution < -0.4 is 10.5 Å². The largest absolute Gasteiger partial charge is 0.417 e. The quantitative estimate of drug-likeness (QED) is 0.639. The standard InChI is InChI=1S/C21H19ClF3N5O2/c22-15-11-13(21(23,24)25)12-26-19(15)30-9-7-29(8-10-30)18(31)6-5-17-27-16-4-2-1-3-14(16)20(32)28-17/h1-4,11-12H,5-10H2,(H,27,28,32). The number of aryl methyl sites for hydroxylation is 1. The van der Waals surface area contributed by atoms with Gasteiger partial charge in [-0.25, -0.2) is 9.97 Å². The molecule has 168 valence electrons. The molecule has 4 rings (SSSR count). The highest BCUT2D eigenvalue weighted by atomic mass is 35.5. The summed E-state index contributed by atoms with van der Waals surface area (Å²) >= 11 is 6.02. The number of H-pyrrole nitrogens is 1. The number of alkyl halides is 3. The number of aromatic nitrogens is 3. The lowest BCUT2D eigenvalue weighted by Gasteiger charge is -2.35. The molecule has 3 aromatic rings. The maximum absolute atomic E-state index is 12.8. The lowest BCUT2D eigenvalue weighted by atomic mass is 10.2. The fourth-order valence-corrected chi connectivity index (χ4v) is 3.91. The second kappa shape index (κ2) is 8.78. The van der Waals surface area contributed by atoms with E-state index >= 15 is 0 Å². The van der Waals surface area contributed by atoms with Gasteiger partial charge in [0.15, 0.2) is 0 Å². The Hall–Kier alpha value is -3.14. The van der Waals surface area contributed by atoms with Gasteiger partial charge in [-0.1, -0.05) is 23.7 Å². The summed E-state index contributed by atoms with van der Waals surface area (Å²) in [6, 6.07) is 7.85.